The van der Waals surface area contributed by atoms with E-state index in [-0.39, 0.29) is 12.2 Å². The molecule has 0 aromatic heterocycles. The average Bonchev–Trinajstić information content (AvgIpc) is 2.09. The molecule has 0 bridgehead atoms. The minimum absolute atomic E-state index is 0.293. The van der Waals surface area contributed by atoms with Crippen LogP contribution in [-0.4, -0.2) is 41.4 Å². The molecule has 1 fully saturated rings. The highest BCUT2D eigenvalue weighted by molar-refractivity contribution is 4.80. The lowest BCUT2D eigenvalue weighted by molar-refractivity contribution is -0.236. The Hall–Kier alpha value is -0.160. The highest BCUT2D eigenvalue weighted by Crippen LogP contribution is 2.21. The van der Waals surface area contributed by atoms with E-state index in [0.717, 1.165) is 6.42 Å². The van der Waals surface area contributed by atoms with Crippen LogP contribution in [0.3, 0.4) is 0 Å². The van der Waals surface area contributed by atoms with Gasteiger partial charge in [0.25, 0.3) is 0 Å². The van der Waals surface area contributed by atoms with Gasteiger partial charge in [0.05, 0.1) is 12.2 Å². The zero-order valence-corrected chi connectivity index (χ0v) is 8.14. The Bertz CT molecular complexity index is 151. The molecule has 0 unspecified atom stereocenters. The van der Waals surface area contributed by atoms with Gasteiger partial charge in [0.15, 0.2) is 6.29 Å². The van der Waals surface area contributed by atoms with Gasteiger partial charge in [-0.2, -0.15) is 0 Å². The Kier molecular flexibility index (Phi) is 4.12. The Morgan fingerprint density at radius 2 is 2.15 bits per heavy atom. The lowest BCUT2D eigenvalue weighted by atomic mass is 10.0. The van der Waals surface area contributed by atoms with Crippen LogP contribution in [0.1, 0.15) is 26.7 Å². The molecule has 2 N–H and O–H groups in total. The zero-order valence-electron chi connectivity index (χ0n) is 8.14. The molecule has 1 aliphatic rings. The fraction of sp³-hybridized carbons (Fsp3) is 1.00. The molecule has 4 atom stereocenters. The van der Waals surface area contributed by atoms with E-state index in [0.29, 0.717) is 13.0 Å². The maximum absolute atomic E-state index is 9.62. The van der Waals surface area contributed by atoms with Crippen molar-refractivity contribution in [1.82, 2.24) is 0 Å². The van der Waals surface area contributed by atoms with Crippen LogP contribution in [0.15, 0.2) is 0 Å². The molecule has 1 aliphatic heterocycles. The van der Waals surface area contributed by atoms with Crippen LogP contribution in [0, 0.1) is 0 Å². The second-order valence-electron chi connectivity index (χ2n) is 3.43. The molecule has 1 rings (SSSR count). The lowest BCUT2D eigenvalue weighted by Crippen LogP contribution is -2.48. The van der Waals surface area contributed by atoms with Crippen LogP contribution in [-0.2, 0) is 9.47 Å². The van der Waals surface area contributed by atoms with Gasteiger partial charge in [0.1, 0.15) is 6.10 Å². The number of hydrogen-bond donors (Lipinski definition) is 2. The summed E-state index contributed by atoms with van der Waals surface area (Å²) in [5, 5.41) is 18.9. The van der Waals surface area contributed by atoms with Crippen LogP contribution >= 0.6 is 0 Å². The van der Waals surface area contributed by atoms with Crippen molar-refractivity contribution in [3.63, 3.8) is 0 Å². The molecule has 4 heteroatoms. The van der Waals surface area contributed by atoms with Gasteiger partial charge in [-0.3, -0.25) is 0 Å². The van der Waals surface area contributed by atoms with Gasteiger partial charge in [0, 0.05) is 13.0 Å². The van der Waals surface area contributed by atoms with Crippen molar-refractivity contribution in [3.8, 4) is 0 Å². The molecule has 1 heterocycles. The third kappa shape index (κ3) is 2.91. The van der Waals surface area contributed by atoms with Crippen molar-refractivity contribution < 1.29 is 19.7 Å². The van der Waals surface area contributed by atoms with E-state index < -0.39 is 12.4 Å². The van der Waals surface area contributed by atoms with Crippen LogP contribution in [0.5, 0.6) is 0 Å². The number of aliphatic hydroxyl groups excluding tert-OH is 2. The minimum atomic E-state index is -0.805. The lowest BCUT2D eigenvalue weighted by Gasteiger charge is -2.35. The van der Waals surface area contributed by atoms with Crippen LogP contribution in [0.25, 0.3) is 0 Å². The van der Waals surface area contributed by atoms with E-state index in [1.165, 1.54) is 0 Å². The van der Waals surface area contributed by atoms with Gasteiger partial charge < -0.3 is 19.7 Å². The fourth-order valence-electron chi connectivity index (χ4n) is 1.46. The van der Waals surface area contributed by atoms with Crippen molar-refractivity contribution in [2.75, 3.05) is 6.61 Å². The quantitative estimate of drug-likeness (QED) is 0.670. The fourth-order valence-corrected chi connectivity index (χ4v) is 1.46. The molecule has 0 spiro atoms. The number of rotatable bonds is 3. The molecule has 0 aliphatic carbocycles. The van der Waals surface area contributed by atoms with E-state index >= 15 is 0 Å². The molecular weight excluding hydrogens is 172 g/mol. The van der Waals surface area contributed by atoms with Gasteiger partial charge in [-0.05, 0) is 13.3 Å². The second kappa shape index (κ2) is 4.91. The SMILES string of the molecule is CCCO[C@H]1C[C@H](O)O[C@@H](C)[C@@H]1O. The first kappa shape index (κ1) is 10.9. The Labute approximate surface area is 78.5 Å². The smallest absolute Gasteiger partial charge is 0.157 e. The molecule has 13 heavy (non-hydrogen) atoms. The predicted molar refractivity (Wildman–Crippen MR) is 47.2 cm³/mol. The zero-order chi connectivity index (χ0) is 9.84. The summed E-state index contributed by atoms with van der Waals surface area (Å²) in [7, 11) is 0. The first-order valence-electron chi connectivity index (χ1n) is 4.78. The maximum Gasteiger partial charge on any atom is 0.157 e. The third-order valence-electron chi connectivity index (χ3n) is 2.20. The van der Waals surface area contributed by atoms with Gasteiger partial charge in [-0.15, -0.1) is 0 Å². The largest absolute Gasteiger partial charge is 0.388 e. The molecule has 4 nitrogen and oxygen atoms in total. The number of hydrogen-bond acceptors (Lipinski definition) is 4. The number of aliphatic hydroxyl groups is 2. The highest BCUT2D eigenvalue weighted by Gasteiger charge is 2.34. The molecule has 0 radical (unpaired) electrons. The monoisotopic (exact) mass is 190 g/mol. The molecule has 78 valence electrons. The molecular formula is C9H18O4. The first-order chi connectivity index (χ1) is 6.15. The topological polar surface area (TPSA) is 58.9 Å². The van der Waals surface area contributed by atoms with Crippen molar-refractivity contribution in [2.45, 2.75) is 51.3 Å². The summed E-state index contributed by atoms with van der Waals surface area (Å²) in [4.78, 5) is 0. The highest BCUT2D eigenvalue weighted by atomic mass is 16.6. The van der Waals surface area contributed by atoms with Gasteiger partial charge in [0.2, 0.25) is 0 Å². The standard InChI is InChI=1S/C9H18O4/c1-3-4-12-7-5-8(10)13-6(2)9(7)11/h6-11H,3-5H2,1-2H3/t6-,7-,8+,9-/m0/s1. The minimum Gasteiger partial charge on any atom is -0.388 e. The maximum atomic E-state index is 9.62. The van der Waals surface area contributed by atoms with E-state index in [4.69, 9.17) is 9.47 Å². The molecule has 0 amide bonds. The van der Waals surface area contributed by atoms with Crippen molar-refractivity contribution in [1.29, 1.82) is 0 Å². The Morgan fingerprint density at radius 3 is 2.77 bits per heavy atom. The summed E-state index contributed by atoms with van der Waals surface area (Å²) in [6.45, 7) is 4.35. The molecule has 0 aromatic rings. The Morgan fingerprint density at radius 1 is 1.46 bits per heavy atom. The average molecular weight is 190 g/mol. The van der Waals surface area contributed by atoms with E-state index in [9.17, 15) is 10.2 Å². The summed E-state index contributed by atoms with van der Waals surface area (Å²) in [6.07, 6.45) is -0.820. The van der Waals surface area contributed by atoms with Crippen molar-refractivity contribution in [3.05, 3.63) is 0 Å². The normalized spacial score (nSPS) is 40.6. The first-order valence-corrected chi connectivity index (χ1v) is 4.78. The Balaban J connectivity index is 2.41. The summed E-state index contributed by atoms with van der Waals surface area (Å²) in [6, 6.07) is 0. The summed E-state index contributed by atoms with van der Waals surface area (Å²) in [5.41, 5.74) is 0. The van der Waals surface area contributed by atoms with Crippen molar-refractivity contribution >= 4 is 0 Å². The second-order valence-corrected chi connectivity index (χ2v) is 3.43. The number of ether oxygens (including phenoxy) is 2. The third-order valence-corrected chi connectivity index (χ3v) is 2.20. The summed E-state index contributed by atoms with van der Waals surface area (Å²) < 4.78 is 10.4. The van der Waals surface area contributed by atoms with Crippen LogP contribution in [0.4, 0.5) is 0 Å². The van der Waals surface area contributed by atoms with Crippen molar-refractivity contribution in [2.24, 2.45) is 0 Å². The van der Waals surface area contributed by atoms with E-state index in [2.05, 4.69) is 0 Å². The van der Waals surface area contributed by atoms with E-state index in [1.54, 1.807) is 6.92 Å². The van der Waals surface area contributed by atoms with Gasteiger partial charge in [-0.1, -0.05) is 6.92 Å². The molecule has 0 aromatic carbocycles. The van der Waals surface area contributed by atoms with Gasteiger partial charge in [-0.25, -0.2) is 0 Å². The summed E-state index contributed by atoms with van der Waals surface area (Å²) >= 11 is 0. The van der Waals surface area contributed by atoms with Crippen LogP contribution in [0.2, 0.25) is 0 Å². The van der Waals surface area contributed by atoms with E-state index in [1.807, 2.05) is 6.92 Å². The molecule has 0 saturated carbocycles. The predicted octanol–water partition coefficient (Wildman–Crippen LogP) is 0.270. The molecule has 1 saturated heterocycles. The van der Waals surface area contributed by atoms with Crippen LogP contribution < -0.4 is 0 Å². The summed E-state index contributed by atoms with van der Waals surface area (Å²) in [5.74, 6) is 0. The van der Waals surface area contributed by atoms with Gasteiger partial charge >= 0.3 is 0 Å².